The van der Waals surface area contributed by atoms with Crippen molar-refractivity contribution in [2.75, 3.05) is 0 Å². The maximum atomic E-state index is 10.3. The van der Waals surface area contributed by atoms with Gasteiger partial charge < -0.3 is 10.2 Å². The monoisotopic (exact) mass is 282 g/mol. The van der Waals surface area contributed by atoms with Gasteiger partial charge in [0.2, 0.25) is 0 Å². The average Bonchev–Trinajstić information content (AvgIpc) is 2.84. The molecular formula is C17H18N2O2. The molecule has 1 aromatic heterocycles. The lowest BCUT2D eigenvalue weighted by molar-refractivity contribution is 0.0185. The van der Waals surface area contributed by atoms with Crippen LogP contribution in [0.1, 0.15) is 17.4 Å². The molecule has 0 amide bonds. The Balaban J connectivity index is 1.85. The first-order valence-corrected chi connectivity index (χ1v) is 6.98. The standard InChI is InChI=1S/C17H18N2O2/c1-19-15-10-6-5-9-13(15)14(18-19)11-16(20)17(21)12-7-3-2-4-8-12/h2-10,16-17,20-21H,11H2,1H3. The van der Waals surface area contributed by atoms with E-state index < -0.39 is 12.2 Å². The first-order valence-electron chi connectivity index (χ1n) is 6.98. The Hall–Kier alpha value is -2.17. The van der Waals surface area contributed by atoms with Gasteiger partial charge in [0.15, 0.2) is 0 Å². The second-order valence-corrected chi connectivity index (χ2v) is 5.21. The molecule has 4 heteroatoms. The van der Waals surface area contributed by atoms with Crippen molar-refractivity contribution in [1.82, 2.24) is 9.78 Å². The fourth-order valence-corrected chi connectivity index (χ4v) is 2.62. The number of aliphatic hydroxyl groups is 2. The van der Waals surface area contributed by atoms with E-state index in [9.17, 15) is 10.2 Å². The zero-order valence-electron chi connectivity index (χ0n) is 11.8. The van der Waals surface area contributed by atoms with Crippen molar-refractivity contribution in [2.24, 2.45) is 7.05 Å². The predicted molar refractivity (Wildman–Crippen MR) is 81.8 cm³/mol. The Morgan fingerprint density at radius 1 is 1.00 bits per heavy atom. The third-order valence-electron chi connectivity index (χ3n) is 3.74. The molecule has 2 N–H and O–H groups in total. The molecule has 0 radical (unpaired) electrons. The molecule has 0 bridgehead atoms. The van der Waals surface area contributed by atoms with E-state index in [0.29, 0.717) is 12.0 Å². The topological polar surface area (TPSA) is 58.3 Å². The highest BCUT2D eigenvalue weighted by molar-refractivity contribution is 5.81. The first-order chi connectivity index (χ1) is 10.2. The van der Waals surface area contributed by atoms with Crippen LogP contribution < -0.4 is 0 Å². The van der Waals surface area contributed by atoms with E-state index in [1.807, 2.05) is 61.6 Å². The molecule has 0 aliphatic carbocycles. The van der Waals surface area contributed by atoms with Gasteiger partial charge in [0.25, 0.3) is 0 Å². The fraction of sp³-hybridized carbons (Fsp3) is 0.235. The van der Waals surface area contributed by atoms with E-state index in [-0.39, 0.29) is 0 Å². The Kier molecular flexibility index (Phi) is 3.73. The van der Waals surface area contributed by atoms with Crippen molar-refractivity contribution in [3.8, 4) is 0 Å². The summed E-state index contributed by atoms with van der Waals surface area (Å²) in [4.78, 5) is 0. The summed E-state index contributed by atoms with van der Waals surface area (Å²) in [6.45, 7) is 0. The van der Waals surface area contributed by atoms with Crippen molar-refractivity contribution < 1.29 is 10.2 Å². The van der Waals surface area contributed by atoms with Gasteiger partial charge in [0, 0.05) is 18.9 Å². The van der Waals surface area contributed by atoms with Crippen molar-refractivity contribution in [3.05, 3.63) is 65.9 Å². The highest BCUT2D eigenvalue weighted by Gasteiger charge is 2.21. The molecule has 108 valence electrons. The largest absolute Gasteiger partial charge is 0.390 e. The van der Waals surface area contributed by atoms with Gasteiger partial charge in [-0.05, 0) is 11.6 Å². The van der Waals surface area contributed by atoms with Gasteiger partial charge in [-0.15, -0.1) is 0 Å². The van der Waals surface area contributed by atoms with Gasteiger partial charge in [0.05, 0.1) is 17.3 Å². The lowest BCUT2D eigenvalue weighted by Crippen LogP contribution is -2.21. The van der Waals surface area contributed by atoms with Crippen LogP contribution in [0.3, 0.4) is 0 Å². The van der Waals surface area contributed by atoms with Crippen LogP contribution in [0.25, 0.3) is 10.9 Å². The SMILES string of the molecule is Cn1nc(CC(O)C(O)c2ccccc2)c2ccccc21. The third-order valence-corrected chi connectivity index (χ3v) is 3.74. The summed E-state index contributed by atoms with van der Waals surface area (Å²) < 4.78 is 1.80. The number of rotatable bonds is 4. The van der Waals surface area contributed by atoms with Crippen LogP contribution in [0.5, 0.6) is 0 Å². The van der Waals surface area contributed by atoms with E-state index in [4.69, 9.17) is 0 Å². The van der Waals surface area contributed by atoms with Crippen molar-refractivity contribution in [2.45, 2.75) is 18.6 Å². The lowest BCUT2D eigenvalue weighted by atomic mass is 10.00. The minimum Gasteiger partial charge on any atom is -0.390 e. The third kappa shape index (κ3) is 2.68. The Bertz CT molecular complexity index is 737. The number of aliphatic hydroxyl groups excluding tert-OH is 2. The van der Waals surface area contributed by atoms with Gasteiger partial charge in [-0.2, -0.15) is 5.10 Å². The molecule has 0 fully saturated rings. The molecule has 3 rings (SSSR count). The van der Waals surface area contributed by atoms with E-state index in [1.54, 1.807) is 4.68 Å². The number of para-hydroxylation sites is 1. The second kappa shape index (κ2) is 5.68. The zero-order chi connectivity index (χ0) is 14.8. The van der Waals surface area contributed by atoms with Gasteiger partial charge in [-0.25, -0.2) is 0 Å². The highest BCUT2D eigenvalue weighted by atomic mass is 16.3. The summed E-state index contributed by atoms with van der Waals surface area (Å²) in [5.74, 6) is 0. The van der Waals surface area contributed by atoms with Gasteiger partial charge >= 0.3 is 0 Å². The van der Waals surface area contributed by atoms with Crippen LogP contribution in [-0.2, 0) is 13.5 Å². The normalized spacial score (nSPS) is 14.2. The number of aromatic nitrogens is 2. The van der Waals surface area contributed by atoms with E-state index in [2.05, 4.69) is 5.10 Å². The first kappa shape index (κ1) is 13.8. The maximum Gasteiger partial charge on any atom is 0.105 e. The molecule has 2 atom stereocenters. The summed E-state index contributed by atoms with van der Waals surface area (Å²) in [7, 11) is 1.88. The Morgan fingerprint density at radius 3 is 2.43 bits per heavy atom. The maximum absolute atomic E-state index is 10.3. The summed E-state index contributed by atoms with van der Waals surface area (Å²) in [6.07, 6.45) is -1.48. The molecule has 0 aliphatic heterocycles. The lowest BCUT2D eigenvalue weighted by Gasteiger charge is -2.17. The Morgan fingerprint density at radius 2 is 1.67 bits per heavy atom. The molecule has 1 heterocycles. The van der Waals surface area contributed by atoms with Crippen LogP contribution in [-0.4, -0.2) is 26.1 Å². The van der Waals surface area contributed by atoms with Crippen LogP contribution in [0.2, 0.25) is 0 Å². The van der Waals surface area contributed by atoms with Crippen LogP contribution in [0, 0.1) is 0 Å². The van der Waals surface area contributed by atoms with Gasteiger partial charge in [-0.1, -0.05) is 48.5 Å². The van der Waals surface area contributed by atoms with Gasteiger partial charge in [0.1, 0.15) is 6.10 Å². The average molecular weight is 282 g/mol. The molecule has 0 spiro atoms. The molecular weight excluding hydrogens is 264 g/mol. The molecule has 0 saturated heterocycles. The van der Waals surface area contributed by atoms with Gasteiger partial charge in [-0.3, -0.25) is 4.68 Å². The predicted octanol–water partition coefficient (Wildman–Crippen LogP) is 2.21. The Labute approximate surface area is 123 Å². The number of benzene rings is 2. The summed E-state index contributed by atoms with van der Waals surface area (Å²) >= 11 is 0. The van der Waals surface area contributed by atoms with E-state index in [0.717, 1.165) is 16.6 Å². The summed E-state index contributed by atoms with van der Waals surface area (Å²) in [5.41, 5.74) is 2.54. The molecule has 4 nitrogen and oxygen atoms in total. The minimum atomic E-state index is -0.910. The molecule has 3 aromatic rings. The molecule has 2 unspecified atom stereocenters. The van der Waals surface area contributed by atoms with E-state index in [1.165, 1.54) is 0 Å². The zero-order valence-corrected chi connectivity index (χ0v) is 11.8. The summed E-state index contributed by atoms with van der Waals surface area (Å²) in [5, 5.41) is 26.0. The van der Waals surface area contributed by atoms with Crippen LogP contribution >= 0.6 is 0 Å². The summed E-state index contributed by atoms with van der Waals surface area (Å²) in [6, 6.07) is 17.1. The molecule has 0 saturated carbocycles. The quantitative estimate of drug-likeness (QED) is 0.771. The second-order valence-electron chi connectivity index (χ2n) is 5.21. The molecule has 0 aliphatic rings. The number of aryl methyl sites for hydroxylation is 1. The van der Waals surface area contributed by atoms with Crippen molar-refractivity contribution >= 4 is 10.9 Å². The number of hydrogen-bond donors (Lipinski definition) is 2. The van der Waals surface area contributed by atoms with Crippen LogP contribution in [0.4, 0.5) is 0 Å². The fourth-order valence-electron chi connectivity index (χ4n) is 2.62. The van der Waals surface area contributed by atoms with E-state index >= 15 is 0 Å². The van der Waals surface area contributed by atoms with Crippen LogP contribution in [0.15, 0.2) is 54.6 Å². The number of nitrogens with zero attached hydrogens (tertiary/aromatic N) is 2. The number of fused-ring (bicyclic) bond motifs is 1. The molecule has 21 heavy (non-hydrogen) atoms. The molecule has 2 aromatic carbocycles. The number of hydrogen-bond acceptors (Lipinski definition) is 3. The highest BCUT2D eigenvalue weighted by Crippen LogP contribution is 2.23. The van der Waals surface area contributed by atoms with Crippen molar-refractivity contribution in [1.29, 1.82) is 0 Å². The van der Waals surface area contributed by atoms with Crippen molar-refractivity contribution in [3.63, 3.8) is 0 Å². The smallest absolute Gasteiger partial charge is 0.105 e. The minimum absolute atomic E-state index is 0.317.